The van der Waals surface area contributed by atoms with Crippen LogP contribution in [0.4, 0.5) is 4.79 Å². The Hall–Kier alpha value is -1.84. The highest BCUT2D eigenvalue weighted by Crippen LogP contribution is 2.20. The number of hydrogen-bond acceptors (Lipinski definition) is 3. The highest BCUT2D eigenvalue weighted by atomic mass is 16.5. The van der Waals surface area contributed by atoms with E-state index in [4.69, 9.17) is 4.74 Å². The van der Waals surface area contributed by atoms with Crippen LogP contribution in [0, 0.1) is 5.92 Å². The summed E-state index contributed by atoms with van der Waals surface area (Å²) in [7, 11) is 0. The summed E-state index contributed by atoms with van der Waals surface area (Å²) in [5.74, 6) is 0.571. The first-order valence-electron chi connectivity index (χ1n) is 6.20. The zero-order valence-electron chi connectivity index (χ0n) is 10.2. The number of ether oxygens (including phenoxy) is 1. The van der Waals surface area contributed by atoms with Gasteiger partial charge in [0, 0.05) is 19.4 Å². The van der Waals surface area contributed by atoms with Crippen molar-refractivity contribution >= 4 is 11.9 Å². The number of alkyl carbamates (subject to hydrolysis) is 1. The van der Waals surface area contributed by atoms with Crippen molar-refractivity contribution in [2.24, 2.45) is 5.92 Å². The van der Waals surface area contributed by atoms with E-state index in [-0.39, 0.29) is 12.5 Å². The Morgan fingerprint density at radius 3 is 2.78 bits per heavy atom. The number of carbonyl (C=O) groups is 2. The fraction of sp³-hybridized carbons (Fsp3) is 0.429. The van der Waals surface area contributed by atoms with Gasteiger partial charge in [-0.3, -0.25) is 4.79 Å². The van der Waals surface area contributed by atoms with Gasteiger partial charge in [0.2, 0.25) is 0 Å². The van der Waals surface area contributed by atoms with Crippen LogP contribution in [0.5, 0.6) is 0 Å². The van der Waals surface area contributed by atoms with E-state index in [2.05, 4.69) is 5.32 Å². The summed E-state index contributed by atoms with van der Waals surface area (Å²) < 4.78 is 5.08. The number of rotatable bonds is 4. The lowest BCUT2D eigenvalue weighted by Crippen LogP contribution is -2.29. The van der Waals surface area contributed by atoms with Gasteiger partial charge in [0.25, 0.3) is 0 Å². The van der Waals surface area contributed by atoms with E-state index < -0.39 is 6.09 Å². The van der Waals surface area contributed by atoms with Crippen LogP contribution < -0.4 is 5.32 Å². The third kappa shape index (κ3) is 3.87. The van der Waals surface area contributed by atoms with Crippen molar-refractivity contribution in [2.45, 2.75) is 25.9 Å². The lowest BCUT2D eigenvalue weighted by Gasteiger charge is -2.10. The summed E-state index contributed by atoms with van der Waals surface area (Å²) in [6, 6.07) is 9.54. The van der Waals surface area contributed by atoms with E-state index in [1.807, 2.05) is 30.3 Å². The summed E-state index contributed by atoms with van der Waals surface area (Å²) in [6.45, 7) is 0.801. The Morgan fingerprint density at radius 2 is 2.11 bits per heavy atom. The van der Waals surface area contributed by atoms with Gasteiger partial charge in [0.1, 0.15) is 12.4 Å². The van der Waals surface area contributed by atoms with E-state index in [9.17, 15) is 9.59 Å². The SMILES string of the molecule is O=C1CCC(CNC(=O)OCc2ccccc2)C1. The molecule has 0 saturated heterocycles. The van der Waals surface area contributed by atoms with Gasteiger partial charge in [-0.25, -0.2) is 4.79 Å². The molecule has 0 radical (unpaired) electrons. The highest BCUT2D eigenvalue weighted by Gasteiger charge is 2.22. The average molecular weight is 247 g/mol. The molecule has 0 aliphatic heterocycles. The minimum atomic E-state index is -0.418. The lowest BCUT2D eigenvalue weighted by atomic mass is 10.1. The van der Waals surface area contributed by atoms with Crippen molar-refractivity contribution in [3.63, 3.8) is 0 Å². The molecule has 1 aromatic carbocycles. The smallest absolute Gasteiger partial charge is 0.407 e. The second kappa shape index (κ2) is 6.19. The molecular weight excluding hydrogens is 230 g/mol. The molecule has 4 heteroatoms. The molecule has 0 spiro atoms. The second-order valence-electron chi connectivity index (χ2n) is 4.59. The molecule has 1 saturated carbocycles. The quantitative estimate of drug-likeness (QED) is 0.888. The summed E-state index contributed by atoms with van der Waals surface area (Å²) in [5, 5.41) is 2.70. The predicted octanol–water partition coefficient (Wildman–Crippen LogP) is 2.28. The molecule has 2 rings (SSSR count). The van der Waals surface area contributed by atoms with Crippen molar-refractivity contribution in [2.75, 3.05) is 6.54 Å². The van der Waals surface area contributed by atoms with E-state index in [0.717, 1.165) is 12.0 Å². The molecule has 1 aliphatic rings. The van der Waals surface area contributed by atoms with Crippen LogP contribution in [0.15, 0.2) is 30.3 Å². The average Bonchev–Trinajstić information content (AvgIpc) is 2.81. The Kier molecular flexibility index (Phi) is 4.34. The first-order chi connectivity index (χ1) is 8.74. The summed E-state index contributed by atoms with van der Waals surface area (Å²) in [6.07, 6.45) is 1.68. The van der Waals surface area contributed by atoms with E-state index in [1.165, 1.54) is 0 Å². The van der Waals surface area contributed by atoms with Gasteiger partial charge in [0.05, 0.1) is 0 Å². The molecule has 1 fully saturated rings. The minimum absolute atomic E-state index is 0.274. The molecule has 4 nitrogen and oxygen atoms in total. The van der Waals surface area contributed by atoms with Crippen LogP contribution in [-0.4, -0.2) is 18.4 Å². The molecule has 0 aromatic heterocycles. The molecule has 1 N–H and O–H groups in total. The fourth-order valence-electron chi connectivity index (χ4n) is 2.07. The van der Waals surface area contributed by atoms with Crippen molar-refractivity contribution in [1.29, 1.82) is 0 Å². The third-order valence-electron chi connectivity index (χ3n) is 3.10. The van der Waals surface area contributed by atoms with Crippen LogP contribution in [-0.2, 0) is 16.1 Å². The van der Waals surface area contributed by atoms with Gasteiger partial charge in [-0.15, -0.1) is 0 Å². The molecule has 0 heterocycles. The van der Waals surface area contributed by atoms with E-state index in [1.54, 1.807) is 0 Å². The van der Waals surface area contributed by atoms with Crippen molar-refractivity contribution in [3.05, 3.63) is 35.9 Å². The number of hydrogen-bond donors (Lipinski definition) is 1. The number of ketones is 1. The van der Waals surface area contributed by atoms with Gasteiger partial charge in [-0.1, -0.05) is 30.3 Å². The topological polar surface area (TPSA) is 55.4 Å². The fourth-order valence-corrected chi connectivity index (χ4v) is 2.07. The number of benzene rings is 1. The van der Waals surface area contributed by atoms with Gasteiger partial charge in [-0.05, 0) is 17.9 Å². The van der Waals surface area contributed by atoms with Crippen LogP contribution in [0.3, 0.4) is 0 Å². The Morgan fingerprint density at radius 1 is 1.33 bits per heavy atom. The first kappa shape index (κ1) is 12.6. The van der Waals surface area contributed by atoms with Crippen LogP contribution in [0.2, 0.25) is 0 Å². The Balaban J connectivity index is 1.65. The van der Waals surface area contributed by atoms with Gasteiger partial charge in [-0.2, -0.15) is 0 Å². The van der Waals surface area contributed by atoms with Gasteiger partial charge < -0.3 is 10.1 Å². The molecule has 1 aromatic rings. The minimum Gasteiger partial charge on any atom is -0.445 e. The normalized spacial score (nSPS) is 18.7. The zero-order valence-corrected chi connectivity index (χ0v) is 10.2. The van der Waals surface area contributed by atoms with Crippen LogP contribution in [0.25, 0.3) is 0 Å². The van der Waals surface area contributed by atoms with Crippen LogP contribution >= 0.6 is 0 Å². The molecule has 0 bridgehead atoms. The molecule has 18 heavy (non-hydrogen) atoms. The number of Topliss-reactive ketones (excluding diaryl/α,β-unsaturated/α-hetero) is 1. The van der Waals surface area contributed by atoms with Crippen molar-refractivity contribution < 1.29 is 14.3 Å². The lowest BCUT2D eigenvalue weighted by molar-refractivity contribution is -0.117. The molecule has 1 amide bonds. The summed E-state index contributed by atoms with van der Waals surface area (Å²) in [4.78, 5) is 22.5. The molecule has 1 unspecified atom stereocenters. The molecular formula is C14H17NO3. The molecule has 96 valence electrons. The first-order valence-corrected chi connectivity index (χ1v) is 6.20. The number of amides is 1. The van der Waals surface area contributed by atoms with Gasteiger partial charge >= 0.3 is 6.09 Å². The predicted molar refractivity (Wildman–Crippen MR) is 67.0 cm³/mol. The van der Waals surface area contributed by atoms with Crippen LogP contribution in [0.1, 0.15) is 24.8 Å². The molecule has 1 atom stereocenters. The van der Waals surface area contributed by atoms with E-state index in [0.29, 0.717) is 25.2 Å². The third-order valence-corrected chi connectivity index (χ3v) is 3.10. The Labute approximate surface area is 106 Å². The second-order valence-corrected chi connectivity index (χ2v) is 4.59. The maximum atomic E-state index is 11.4. The monoisotopic (exact) mass is 247 g/mol. The highest BCUT2D eigenvalue weighted by molar-refractivity contribution is 5.80. The Bertz CT molecular complexity index is 416. The maximum Gasteiger partial charge on any atom is 0.407 e. The maximum absolute atomic E-state index is 11.4. The van der Waals surface area contributed by atoms with Crippen molar-refractivity contribution in [3.8, 4) is 0 Å². The number of nitrogens with one attached hydrogen (secondary N) is 1. The van der Waals surface area contributed by atoms with Crippen molar-refractivity contribution in [1.82, 2.24) is 5.32 Å². The zero-order chi connectivity index (χ0) is 12.8. The van der Waals surface area contributed by atoms with Gasteiger partial charge in [0.15, 0.2) is 0 Å². The summed E-state index contributed by atoms with van der Waals surface area (Å²) >= 11 is 0. The largest absolute Gasteiger partial charge is 0.445 e. The van der Waals surface area contributed by atoms with E-state index >= 15 is 0 Å². The molecule has 1 aliphatic carbocycles. The standard InChI is InChI=1S/C14H17NO3/c16-13-7-6-12(8-13)9-15-14(17)18-10-11-4-2-1-3-5-11/h1-5,12H,6-10H2,(H,15,17). The summed E-state index contributed by atoms with van der Waals surface area (Å²) in [5.41, 5.74) is 0.962. The number of carbonyl (C=O) groups excluding carboxylic acids is 2.